The van der Waals surface area contributed by atoms with Crippen LogP contribution in [0.25, 0.3) is 11.0 Å². The minimum absolute atomic E-state index is 0.115. The van der Waals surface area contributed by atoms with Crippen molar-refractivity contribution in [3.8, 4) is 11.5 Å². The number of amides is 2. The van der Waals surface area contributed by atoms with Crippen LogP contribution in [0.1, 0.15) is 43.0 Å². The highest BCUT2D eigenvalue weighted by Gasteiger charge is 2.36. The number of hydrogen-bond donors (Lipinski definition) is 1. The molecule has 2 amide bonds. The largest absolute Gasteiger partial charge is 0.493 e. The molecule has 1 heterocycles. The van der Waals surface area contributed by atoms with E-state index >= 15 is 0 Å². The molecule has 210 valence electrons. The van der Waals surface area contributed by atoms with E-state index < -0.39 is 6.04 Å². The second kappa shape index (κ2) is 12.6. The first-order valence-electron chi connectivity index (χ1n) is 13.4. The normalized spacial score (nSPS) is 11.9. The fourth-order valence-electron chi connectivity index (χ4n) is 4.74. The molecule has 0 radical (unpaired) electrons. The zero-order chi connectivity index (χ0) is 28.8. The maximum atomic E-state index is 14.4. The van der Waals surface area contributed by atoms with Crippen LogP contribution in [0.4, 0.5) is 5.69 Å². The third-order valence-electron chi connectivity index (χ3n) is 6.85. The number of anilines is 1. The zero-order valence-corrected chi connectivity index (χ0v) is 24.0. The monoisotopic (exact) mass is 543 g/mol. The Kier molecular flexibility index (Phi) is 9.04. The number of carbonyl (C=O) groups excluding carboxylic acids is 2. The van der Waals surface area contributed by atoms with Crippen LogP contribution in [0, 0.1) is 19.8 Å². The molecule has 0 saturated carbocycles. The van der Waals surface area contributed by atoms with E-state index in [1.807, 2.05) is 56.3 Å². The molecule has 1 N–H and O–H groups in total. The molecule has 3 aromatic carbocycles. The number of fused-ring (bicyclic) bond motifs is 1. The quantitative estimate of drug-likeness (QED) is 0.286. The van der Waals surface area contributed by atoms with E-state index in [-0.39, 0.29) is 18.4 Å². The van der Waals surface area contributed by atoms with Gasteiger partial charge in [-0.25, -0.2) is 4.68 Å². The predicted octanol–water partition coefficient (Wildman–Crippen LogP) is 5.00. The number of aryl methyl sites for hydroxylation is 2. The van der Waals surface area contributed by atoms with Crippen LogP contribution in [-0.2, 0) is 16.1 Å². The highest BCUT2D eigenvalue weighted by Crippen LogP contribution is 2.40. The summed E-state index contributed by atoms with van der Waals surface area (Å²) in [6.45, 7) is 8.45. The molecule has 9 heteroatoms. The van der Waals surface area contributed by atoms with E-state index in [0.717, 1.165) is 23.1 Å². The number of aromatic nitrogens is 3. The molecule has 1 atom stereocenters. The summed E-state index contributed by atoms with van der Waals surface area (Å²) in [6.07, 6.45) is 0.802. The number of benzene rings is 3. The fraction of sp³-hybridized carbons (Fsp3) is 0.355. The number of rotatable bonds is 11. The molecule has 4 rings (SSSR count). The minimum atomic E-state index is -1.04. The molecule has 0 aliphatic carbocycles. The number of nitrogens with zero attached hydrogens (tertiary/aromatic N) is 4. The van der Waals surface area contributed by atoms with Crippen LogP contribution < -0.4 is 19.7 Å². The maximum absolute atomic E-state index is 14.4. The lowest BCUT2D eigenvalue weighted by Gasteiger charge is -2.33. The number of nitrogens with one attached hydrogen (secondary N) is 1. The van der Waals surface area contributed by atoms with Gasteiger partial charge in [-0.05, 0) is 61.6 Å². The molecule has 0 bridgehead atoms. The summed E-state index contributed by atoms with van der Waals surface area (Å²) in [4.78, 5) is 30.0. The van der Waals surface area contributed by atoms with Gasteiger partial charge in [0.25, 0.3) is 0 Å². The predicted molar refractivity (Wildman–Crippen MR) is 156 cm³/mol. The van der Waals surface area contributed by atoms with Gasteiger partial charge in [0.1, 0.15) is 18.1 Å². The molecular weight excluding hydrogens is 506 g/mol. The maximum Gasteiger partial charge on any atom is 0.249 e. The number of methoxy groups -OCH3 is 2. The van der Waals surface area contributed by atoms with E-state index in [4.69, 9.17) is 9.47 Å². The van der Waals surface area contributed by atoms with Gasteiger partial charge in [0, 0.05) is 17.8 Å². The lowest BCUT2D eigenvalue weighted by molar-refractivity contribution is -0.127. The van der Waals surface area contributed by atoms with Crippen LogP contribution in [0.15, 0.2) is 60.7 Å². The molecule has 0 fully saturated rings. The first-order chi connectivity index (χ1) is 19.2. The summed E-state index contributed by atoms with van der Waals surface area (Å²) < 4.78 is 12.9. The van der Waals surface area contributed by atoms with Crippen molar-refractivity contribution < 1.29 is 19.1 Å². The van der Waals surface area contributed by atoms with E-state index in [0.29, 0.717) is 40.7 Å². The van der Waals surface area contributed by atoms with Crippen molar-refractivity contribution in [3.05, 3.63) is 77.4 Å². The summed E-state index contributed by atoms with van der Waals surface area (Å²) in [5.74, 6) is 0.629. The van der Waals surface area contributed by atoms with Crippen LogP contribution in [0.5, 0.6) is 11.5 Å². The third-order valence-corrected chi connectivity index (χ3v) is 6.85. The van der Waals surface area contributed by atoms with Gasteiger partial charge in [0.05, 0.1) is 19.7 Å². The summed E-state index contributed by atoms with van der Waals surface area (Å²) >= 11 is 0. The van der Waals surface area contributed by atoms with Gasteiger partial charge >= 0.3 is 0 Å². The summed E-state index contributed by atoms with van der Waals surface area (Å²) in [6, 6.07) is 17.6. The van der Waals surface area contributed by atoms with E-state index in [9.17, 15) is 9.59 Å². The first-order valence-corrected chi connectivity index (χ1v) is 13.4. The van der Waals surface area contributed by atoms with Crippen molar-refractivity contribution in [1.82, 2.24) is 20.3 Å². The SMILES string of the molecule is COc1cccc(C(C(=O)NCCC(C)C)N(C(=O)Cn2nnc3ccccc32)c2cc(C)ccc2C)c1OC. The average molecular weight is 544 g/mol. The Morgan fingerprint density at radius 2 is 1.77 bits per heavy atom. The Labute approximate surface area is 235 Å². The van der Waals surface area contributed by atoms with Crippen LogP contribution >= 0.6 is 0 Å². The van der Waals surface area contributed by atoms with Crippen molar-refractivity contribution in [3.63, 3.8) is 0 Å². The molecule has 1 aromatic heterocycles. The summed E-state index contributed by atoms with van der Waals surface area (Å²) in [5.41, 5.74) is 4.37. The Balaban J connectivity index is 1.89. The molecule has 40 heavy (non-hydrogen) atoms. The van der Waals surface area contributed by atoms with Crippen molar-refractivity contribution in [1.29, 1.82) is 0 Å². The first kappa shape index (κ1) is 28.6. The minimum Gasteiger partial charge on any atom is -0.493 e. The average Bonchev–Trinajstić information content (AvgIpc) is 3.34. The van der Waals surface area contributed by atoms with Gasteiger partial charge < -0.3 is 14.8 Å². The summed E-state index contributed by atoms with van der Waals surface area (Å²) in [7, 11) is 3.07. The van der Waals surface area contributed by atoms with Gasteiger partial charge in [-0.15, -0.1) is 5.10 Å². The zero-order valence-electron chi connectivity index (χ0n) is 24.0. The standard InChI is InChI=1S/C31H37N5O4/c1-20(2)16-17-32-31(38)29(23-10-9-13-27(39-5)30(23)40-6)36(26-18-21(3)14-15-22(26)4)28(37)19-35-25-12-8-7-11-24(25)33-34-35/h7-15,18,20,29H,16-17,19H2,1-6H3,(H,32,38). The van der Waals surface area contributed by atoms with Gasteiger partial charge in [-0.2, -0.15) is 0 Å². The molecule has 0 aliphatic rings. The van der Waals surface area contributed by atoms with Crippen LogP contribution in [-0.4, -0.2) is 47.6 Å². The third kappa shape index (κ3) is 6.09. The number of hydrogen-bond acceptors (Lipinski definition) is 6. The number of ether oxygens (including phenoxy) is 2. The van der Waals surface area contributed by atoms with Gasteiger partial charge in [0.2, 0.25) is 11.8 Å². The molecule has 0 spiro atoms. The Bertz CT molecular complexity index is 1500. The molecule has 0 saturated heterocycles. The van der Waals surface area contributed by atoms with Gasteiger partial charge in [-0.3, -0.25) is 14.5 Å². The molecular formula is C31H37N5O4. The highest BCUT2D eigenvalue weighted by molar-refractivity contribution is 6.02. The highest BCUT2D eigenvalue weighted by atomic mass is 16.5. The molecule has 4 aromatic rings. The van der Waals surface area contributed by atoms with Crippen molar-refractivity contribution in [2.75, 3.05) is 25.7 Å². The Hall–Kier alpha value is -4.40. The van der Waals surface area contributed by atoms with Gasteiger partial charge in [0.15, 0.2) is 11.5 Å². The van der Waals surface area contributed by atoms with E-state index in [1.165, 1.54) is 7.11 Å². The lowest BCUT2D eigenvalue weighted by atomic mass is 9.99. The van der Waals surface area contributed by atoms with Crippen molar-refractivity contribution in [2.24, 2.45) is 5.92 Å². The second-order valence-corrected chi connectivity index (χ2v) is 10.2. The summed E-state index contributed by atoms with van der Waals surface area (Å²) in [5, 5.41) is 11.5. The Morgan fingerprint density at radius 3 is 2.50 bits per heavy atom. The van der Waals surface area contributed by atoms with Crippen LogP contribution in [0.3, 0.4) is 0 Å². The molecule has 1 unspecified atom stereocenters. The van der Waals surface area contributed by atoms with E-state index in [1.54, 1.807) is 34.9 Å². The van der Waals surface area contributed by atoms with Crippen LogP contribution in [0.2, 0.25) is 0 Å². The van der Waals surface area contributed by atoms with E-state index in [2.05, 4.69) is 29.5 Å². The Morgan fingerprint density at radius 1 is 1.00 bits per heavy atom. The number of para-hydroxylation sites is 2. The molecule has 0 aliphatic heterocycles. The fourth-order valence-corrected chi connectivity index (χ4v) is 4.74. The van der Waals surface area contributed by atoms with Crippen molar-refractivity contribution >= 4 is 28.5 Å². The van der Waals surface area contributed by atoms with Gasteiger partial charge in [-0.1, -0.05) is 55.5 Å². The lowest BCUT2D eigenvalue weighted by Crippen LogP contribution is -2.46. The topological polar surface area (TPSA) is 98.6 Å². The molecule has 9 nitrogen and oxygen atoms in total. The smallest absolute Gasteiger partial charge is 0.249 e. The second-order valence-electron chi connectivity index (χ2n) is 10.2. The number of carbonyl (C=O) groups is 2. The van der Waals surface area contributed by atoms with Crippen molar-refractivity contribution in [2.45, 2.75) is 46.7 Å².